The zero-order valence-corrected chi connectivity index (χ0v) is 12.0. The predicted octanol–water partition coefficient (Wildman–Crippen LogP) is 2.87. The smallest absolute Gasteiger partial charge is 0.0316 e. The third-order valence-electron chi connectivity index (χ3n) is 2.86. The van der Waals surface area contributed by atoms with E-state index in [0.29, 0.717) is 6.54 Å². The van der Waals surface area contributed by atoms with E-state index in [1.165, 1.54) is 5.56 Å². The summed E-state index contributed by atoms with van der Waals surface area (Å²) in [6.07, 6.45) is 3.83. The molecule has 0 radical (unpaired) electrons. The molecule has 0 aromatic heterocycles. The number of halogens is 1. The monoisotopic (exact) mass is 296 g/mol. The van der Waals surface area contributed by atoms with Crippen LogP contribution in [0.2, 0.25) is 0 Å². The van der Waals surface area contributed by atoms with Gasteiger partial charge in [0.2, 0.25) is 0 Å². The second-order valence-electron chi connectivity index (χ2n) is 4.57. The van der Waals surface area contributed by atoms with Crippen LogP contribution in [-0.4, -0.2) is 18.6 Å². The Labute approximate surface area is 112 Å². The van der Waals surface area contributed by atoms with Gasteiger partial charge in [0.1, 0.15) is 0 Å². The quantitative estimate of drug-likeness (QED) is 0.600. The molecule has 0 saturated heterocycles. The lowest BCUT2D eigenvalue weighted by molar-refractivity contribution is 0.365. The molecule has 0 amide bonds. The Hall–Kier alpha value is -0.640. The summed E-state index contributed by atoms with van der Waals surface area (Å²) in [7, 11) is 0. The fourth-order valence-electron chi connectivity index (χ4n) is 1.74. The van der Waals surface area contributed by atoms with Gasteiger partial charge in [0.15, 0.2) is 0 Å². The Morgan fingerprint density at radius 3 is 2.59 bits per heavy atom. The summed E-state index contributed by atoms with van der Waals surface area (Å²) in [5.74, 6) is 0. The average Bonchev–Trinajstić information content (AvgIpc) is 2.33. The molecule has 3 heteroatoms. The highest BCUT2D eigenvalue weighted by Gasteiger charge is 2.21. The lowest BCUT2D eigenvalue weighted by Crippen LogP contribution is -2.50. The average molecular weight is 297 g/mol. The Kier molecular flexibility index (Phi) is 5.89. The lowest BCUT2D eigenvalue weighted by Gasteiger charge is -2.29. The summed E-state index contributed by atoms with van der Waals surface area (Å²) in [6, 6.07) is 8.40. The second kappa shape index (κ2) is 6.94. The maximum absolute atomic E-state index is 5.87. The summed E-state index contributed by atoms with van der Waals surface area (Å²) in [5.41, 5.74) is 7.12. The predicted molar refractivity (Wildman–Crippen MR) is 78.1 cm³/mol. The second-order valence-corrected chi connectivity index (χ2v) is 5.49. The fourth-order valence-corrected chi connectivity index (χ4v) is 2.00. The molecular formula is C14H21BrN2. The van der Waals surface area contributed by atoms with Gasteiger partial charge in [-0.25, -0.2) is 0 Å². The van der Waals surface area contributed by atoms with Crippen molar-refractivity contribution in [1.29, 1.82) is 0 Å². The van der Waals surface area contributed by atoms with Gasteiger partial charge in [-0.3, -0.25) is 0 Å². The van der Waals surface area contributed by atoms with Gasteiger partial charge in [-0.2, -0.15) is 0 Å². The third-order valence-corrected chi connectivity index (χ3v) is 3.39. The molecule has 0 saturated carbocycles. The van der Waals surface area contributed by atoms with Crippen molar-refractivity contribution in [2.45, 2.75) is 25.3 Å². The van der Waals surface area contributed by atoms with Crippen molar-refractivity contribution in [3.8, 4) is 0 Å². The van der Waals surface area contributed by atoms with Crippen LogP contribution in [0.15, 0.2) is 41.4 Å². The number of nitrogens with two attached hydrogens (primary N) is 1. The minimum absolute atomic E-state index is 0.0448. The number of nitrogens with one attached hydrogen (secondary N) is 1. The van der Waals surface area contributed by atoms with Crippen LogP contribution in [0.25, 0.3) is 0 Å². The van der Waals surface area contributed by atoms with Crippen molar-refractivity contribution in [2.24, 2.45) is 5.73 Å². The summed E-state index contributed by atoms with van der Waals surface area (Å²) in [6.45, 7) is 7.44. The van der Waals surface area contributed by atoms with Crippen LogP contribution in [0.5, 0.6) is 0 Å². The SMILES string of the molecule is C=CCCNC(C)(CN)Cc1ccc(Br)cc1. The molecule has 0 bridgehead atoms. The van der Waals surface area contributed by atoms with E-state index in [1.54, 1.807) is 0 Å². The van der Waals surface area contributed by atoms with Crippen LogP contribution in [-0.2, 0) is 6.42 Å². The third kappa shape index (κ3) is 5.02. The normalized spacial score (nSPS) is 14.3. The minimum Gasteiger partial charge on any atom is -0.329 e. The number of hydrogen-bond acceptors (Lipinski definition) is 2. The summed E-state index contributed by atoms with van der Waals surface area (Å²) < 4.78 is 1.11. The van der Waals surface area contributed by atoms with Crippen LogP contribution >= 0.6 is 15.9 Å². The molecule has 94 valence electrons. The molecular weight excluding hydrogens is 276 g/mol. The van der Waals surface area contributed by atoms with Gasteiger partial charge in [-0.1, -0.05) is 34.1 Å². The first-order valence-corrected chi connectivity index (χ1v) is 6.69. The molecule has 0 aliphatic rings. The zero-order valence-electron chi connectivity index (χ0n) is 10.4. The van der Waals surface area contributed by atoms with Crippen molar-refractivity contribution >= 4 is 15.9 Å². The Morgan fingerprint density at radius 2 is 2.06 bits per heavy atom. The molecule has 0 aliphatic heterocycles. The highest BCUT2D eigenvalue weighted by molar-refractivity contribution is 9.10. The lowest BCUT2D eigenvalue weighted by atomic mass is 9.93. The van der Waals surface area contributed by atoms with Gasteiger partial charge >= 0.3 is 0 Å². The van der Waals surface area contributed by atoms with Crippen LogP contribution < -0.4 is 11.1 Å². The van der Waals surface area contributed by atoms with Crippen LogP contribution in [0.4, 0.5) is 0 Å². The van der Waals surface area contributed by atoms with E-state index < -0.39 is 0 Å². The molecule has 0 fully saturated rings. The van der Waals surface area contributed by atoms with E-state index in [4.69, 9.17) is 5.73 Å². The Bertz CT molecular complexity index is 348. The molecule has 1 rings (SSSR count). The van der Waals surface area contributed by atoms with E-state index in [-0.39, 0.29) is 5.54 Å². The van der Waals surface area contributed by atoms with Gasteiger partial charge in [-0.15, -0.1) is 6.58 Å². The topological polar surface area (TPSA) is 38.0 Å². The largest absolute Gasteiger partial charge is 0.329 e. The minimum atomic E-state index is -0.0448. The van der Waals surface area contributed by atoms with Gasteiger partial charge in [0, 0.05) is 16.6 Å². The van der Waals surface area contributed by atoms with Crippen molar-refractivity contribution in [3.05, 3.63) is 47.0 Å². The molecule has 17 heavy (non-hydrogen) atoms. The standard InChI is InChI=1S/C14H21BrN2/c1-3-4-9-17-14(2,11-16)10-12-5-7-13(15)8-6-12/h3,5-8,17H,1,4,9-11,16H2,2H3. The highest BCUT2D eigenvalue weighted by Crippen LogP contribution is 2.16. The number of hydrogen-bond donors (Lipinski definition) is 2. The highest BCUT2D eigenvalue weighted by atomic mass is 79.9. The van der Waals surface area contributed by atoms with E-state index in [1.807, 2.05) is 6.08 Å². The van der Waals surface area contributed by atoms with Gasteiger partial charge in [-0.05, 0) is 44.0 Å². The molecule has 0 spiro atoms. The van der Waals surface area contributed by atoms with Crippen LogP contribution in [0.1, 0.15) is 18.9 Å². The molecule has 1 unspecified atom stereocenters. The molecule has 1 aromatic rings. The summed E-state index contributed by atoms with van der Waals surface area (Å²) in [4.78, 5) is 0. The number of rotatable bonds is 7. The van der Waals surface area contributed by atoms with Crippen molar-refractivity contribution < 1.29 is 0 Å². The van der Waals surface area contributed by atoms with E-state index in [0.717, 1.165) is 23.9 Å². The van der Waals surface area contributed by atoms with Crippen molar-refractivity contribution in [3.63, 3.8) is 0 Å². The maximum Gasteiger partial charge on any atom is 0.0316 e. The fraction of sp³-hybridized carbons (Fsp3) is 0.429. The Morgan fingerprint density at radius 1 is 1.41 bits per heavy atom. The van der Waals surface area contributed by atoms with Crippen LogP contribution in [0.3, 0.4) is 0 Å². The van der Waals surface area contributed by atoms with Gasteiger partial charge in [0.25, 0.3) is 0 Å². The molecule has 1 aromatic carbocycles. The van der Waals surface area contributed by atoms with Gasteiger partial charge < -0.3 is 11.1 Å². The maximum atomic E-state index is 5.87. The molecule has 1 atom stereocenters. The van der Waals surface area contributed by atoms with Crippen molar-refractivity contribution in [1.82, 2.24) is 5.32 Å². The van der Waals surface area contributed by atoms with Gasteiger partial charge in [0.05, 0.1) is 0 Å². The van der Waals surface area contributed by atoms with Crippen LogP contribution in [0, 0.1) is 0 Å². The first-order chi connectivity index (χ1) is 8.09. The molecule has 0 heterocycles. The first kappa shape index (κ1) is 14.4. The molecule has 3 N–H and O–H groups in total. The Balaban J connectivity index is 2.60. The van der Waals surface area contributed by atoms with E-state index in [9.17, 15) is 0 Å². The summed E-state index contributed by atoms with van der Waals surface area (Å²) >= 11 is 3.44. The first-order valence-electron chi connectivity index (χ1n) is 5.90. The number of benzene rings is 1. The zero-order chi connectivity index (χ0) is 12.7. The van der Waals surface area contributed by atoms with Crippen molar-refractivity contribution in [2.75, 3.05) is 13.1 Å². The van der Waals surface area contributed by atoms with E-state index in [2.05, 4.69) is 59.0 Å². The molecule has 0 aliphatic carbocycles. The summed E-state index contributed by atoms with van der Waals surface area (Å²) in [5, 5.41) is 3.50. The molecule has 2 nitrogen and oxygen atoms in total. The van der Waals surface area contributed by atoms with E-state index >= 15 is 0 Å².